The van der Waals surface area contributed by atoms with Gasteiger partial charge in [-0.1, -0.05) is 0 Å². The molecule has 0 saturated heterocycles. The summed E-state index contributed by atoms with van der Waals surface area (Å²) in [7, 11) is 0. The van der Waals surface area contributed by atoms with E-state index in [4.69, 9.17) is 17.2 Å². The maximum atomic E-state index is 5.77. The fraction of sp³-hybridized carbons (Fsp3) is 0.0909. The summed E-state index contributed by atoms with van der Waals surface area (Å²) in [4.78, 5) is 9.16. The molecule has 1 aromatic heterocycles. The average molecular weight is 247 g/mol. The Bertz CT molecular complexity index is 466. The third-order valence-corrected chi connectivity index (χ3v) is 2.86. The summed E-state index contributed by atoms with van der Waals surface area (Å²) in [5.74, 6) is 0.723. The van der Waals surface area contributed by atoms with E-state index >= 15 is 0 Å². The fourth-order valence-corrected chi connectivity index (χ4v) is 2.40. The largest absolute Gasteiger partial charge is 0.399 e. The van der Waals surface area contributed by atoms with Gasteiger partial charge >= 0.3 is 0 Å². The average Bonchev–Trinajstić information content (AvgIpc) is 2.13. The number of aromatic nitrogens is 2. The maximum Gasteiger partial charge on any atom is 0.196 e. The van der Waals surface area contributed by atoms with Gasteiger partial charge in [0, 0.05) is 16.6 Å². The highest BCUT2D eigenvalue weighted by Gasteiger charge is 2.04. The van der Waals surface area contributed by atoms with E-state index in [9.17, 15) is 0 Å². The van der Waals surface area contributed by atoms with Crippen LogP contribution in [-0.2, 0) is 0 Å². The molecule has 2 rings (SSSR count). The van der Waals surface area contributed by atoms with E-state index in [0.29, 0.717) is 22.5 Å². The molecule has 0 aliphatic rings. The second-order valence-electron chi connectivity index (χ2n) is 3.68. The summed E-state index contributed by atoms with van der Waals surface area (Å²) >= 11 is 1.38. The predicted molar refractivity (Wildman–Crippen MR) is 70.6 cm³/mol. The lowest BCUT2D eigenvalue weighted by molar-refractivity contribution is 0.984. The molecule has 0 fully saturated rings. The lowest BCUT2D eigenvalue weighted by atomic mass is 10.2. The van der Waals surface area contributed by atoms with Crippen molar-refractivity contribution in [2.45, 2.75) is 17.0 Å². The van der Waals surface area contributed by atoms with Crippen molar-refractivity contribution >= 4 is 29.1 Å². The number of rotatable bonds is 2. The highest BCUT2D eigenvalue weighted by molar-refractivity contribution is 7.99. The van der Waals surface area contributed by atoms with E-state index in [1.165, 1.54) is 17.8 Å². The Balaban J connectivity index is 2.31. The lowest BCUT2D eigenvalue weighted by Crippen LogP contribution is -1.99. The zero-order valence-electron chi connectivity index (χ0n) is 9.34. The van der Waals surface area contributed by atoms with Crippen molar-refractivity contribution in [3.63, 3.8) is 0 Å². The van der Waals surface area contributed by atoms with Crippen LogP contribution in [0.1, 0.15) is 5.56 Å². The predicted octanol–water partition coefficient (Wildman–Crippen LogP) is 1.68. The topological polar surface area (TPSA) is 104 Å². The van der Waals surface area contributed by atoms with E-state index in [1.807, 2.05) is 25.1 Å². The van der Waals surface area contributed by atoms with Gasteiger partial charge in [-0.2, -0.15) is 0 Å². The minimum Gasteiger partial charge on any atom is -0.399 e. The van der Waals surface area contributed by atoms with E-state index in [0.717, 1.165) is 10.5 Å². The molecule has 88 valence electrons. The first-order chi connectivity index (χ1) is 8.02. The van der Waals surface area contributed by atoms with Crippen LogP contribution in [0.4, 0.5) is 17.3 Å². The fourth-order valence-electron chi connectivity index (χ4n) is 1.45. The van der Waals surface area contributed by atoms with Crippen LogP contribution in [0, 0.1) is 6.92 Å². The van der Waals surface area contributed by atoms with Gasteiger partial charge < -0.3 is 17.2 Å². The molecule has 2 aromatic rings. The molecule has 0 amide bonds. The van der Waals surface area contributed by atoms with E-state index in [2.05, 4.69) is 9.97 Å². The molecule has 17 heavy (non-hydrogen) atoms. The normalized spacial score (nSPS) is 10.4. The number of anilines is 3. The van der Waals surface area contributed by atoms with Crippen molar-refractivity contribution in [1.82, 2.24) is 9.97 Å². The molecule has 1 aromatic carbocycles. The first kappa shape index (κ1) is 11.5. The molecule has 6 N–H and O–H groups in total. The lowest BCUT2D eigenvalue weighted by Gasteiger charge is -2.04. The number of aryl methyl sites for hydroxylation is 1. The minimum atomic E-state index is 0.362. The van der Waals surface area contributed by atoms with Crippen LogP contribution in [0.5, 0.6) is 0 Å². The molecule has 6 heteroatoms. The number of nitrogens with two attached hydrogens (primary N) is 3. The van der Waals surface area contributed by atoms with Crippen LogP contribution >= 0.6 is 11.8 Å². The Morgan fingerprint density at radius 3 is 2.18 bits per heavy atom. The van der Waals surface area contributed by atoms with Crippen LogP contribution < -0.4 is 17.2 Å². The third kappa shape index (κ3) is 3.01. The van der Waals surface area contributed by atoms with Crippen LogP contribution in [0.3, 0.4) is 0 Å². The highest BCUT2D eigenvalue weighted by Crippen LogP contribution is 2.28. The number of benzene rings is 1. The van der Waals surface area contributed by atoms with Crippen molar-refractivity contribution in [2.75, 3.05) is 17.2 Å². The number of nitrogens with zero attached hydrogens (tertiary/aromatic N) is 2. The van der Waals surface area contributed by atoms with Gasteiger partial charge in [-0.05, 0) is 42.4 Å². The number of nitrogen functional groups attached to an aromatic ring is 3. The molecular weight excluding hydrogens is 234 g/mol. The first-order valence-corrected chi connectivity index (χ1v) is 5.79. The van der Waals surface area contributed by atoms with Crippen LogP contribution in [-0.4, -0.2) is 9.97 Å². The van der Waals surface area contributed by atoms with E-state index < -0.39 is 0 Å². The standard InChI is InChI=1S/C11H13N5S/c1-6-2-7(12)4-8(3-6)17-11-15-9(13)5-10(14)16-11/h2-5H,12H2,1H3,(H4,13,14,15,16). The van der Waals surface area contributed by atoms with Crippen molar-refractivity contribution in [3.8, 4) is 0 Å². The molecule has 0 saturated carbocycles. The van der Waals surface area contributed by atoms with Crippen molar-refractivity contribution in [3.05, 3.63) is 29.8 Å². The Morgan fingerprint density at radius 1 is 0.941 bits per heavy atom. The van der Waals surface area contributed by atoms with Crippen LogP contribution in [0.15, 0.2) is 34.3 Å². The van der Waals surface area contributed by atoms with Gasteiger partial charge in [0.1, 0.15) is 11.6 Å². The second-order valence-corrected chi connectivity index (χ2v) is 4.72. The molecule has 0 aliphatic heterocycles. The summed E-state index contributed by atoms with van der Waals surface area (Å²) in [6, 6.07) is 7.29. The number of hydrogen-bond acceptors (Lipinski definition) is 6. The SMILES string of the molecule is Cc1cc(N)cc(Sc2nc(N)cc(N)n2)c1. The molecule has 0 radical (unpaired) electrons. The molecule has 1 heterocycles. The van der Waals surface area contributed by atoms with Gasteiger partial charge in [-0.25, -0.2) is 9.97 Å². The summed E-state index contributed by atoms with van der Waals surface area (Å²) in [6.07, 6.45) is 0. The van der Waals surface area contributed by atoms with Gasteiger partial charge in [0.05, 0.1) is 0 Å². The molecule has 0 bridgehead atoms. The first-order valence-electron chi connectivity index (χ1n) is 4.98. The monoisotopic (exact) mass is 247 g/mol. The summed E-state index contributed by atoms with van der Waals surface area (Å²) in [6.45, 7) is 1.98. The molecular formula is C11H13N5S. The van der Waals surface area contributed by atoms with Gasteiger partial charge in [0.15, 0.2) is 5.16 Å². The Kier molecular flexibility index (Phi) is 3.06. The third-order valence-electron chi connectivity index (χ3n) is 2.03. The van der Waals surface area contributed by atoms with E-state index in [-0.39, 0.29) is 0 Å². The highest BCUT2D eigenvalue weighted by atomic mass is 32.2. The van der Waals surface area contributed by atoms with Gasteiger partial charge in [-0.15, -0.1) is 0 Å². The van der Waals surface area contributed by atoms with Gasteiger partial charge in [0.25, 0.3) is 0 Å². The maximum absolute atomic E-state index is 5.77. The smallest absolute Gasteiger partial charge is 0.196 e. The van der Waals surface area contributed by atoms with Gasteiger partial charge in [0.2, 0.25) is 0 Å². The summed E-state index contributed by atoms with van der Waals surface area (Å²) in [5, 5.41) is 0.521. The zero-order chi connectivity index (χ0) is 12.4. The van der Waals surface area contributed by atoms with Crippen molar-refractivity contribution in [1.29, 1.82) is 0 Å². The summed E-state index contributed by atoms with van der Waals surface area (Å²) < 4.78 is 0. The van der Waals surface area contributed by atoms with Gasteiger partial charge in [-0.3, -0.25) is 0 Å². The minimum absolute atomic E-state index is 0.362. The Morgan fingerprint density at radius 2 is 1.59 bits per heavy atom. The molecule has 0 unspecified atom stereocenters. The quantitative estimate of drug-likeness (QED) is 0.551. The molecule has 0 aliphatic carbocycles. The van der Waals surface area contributed by atoms with Crippen molar-refractivity contribution in [2.24, 2.45) is 0 Å². The van der Waals surface area contributed by atoms with E-state index in [1.54, 1.807) is 0 Å². The van der Waals surface area contributed by atoms with Crippen LogP contribution in [0.25, 0.3) is 0 Å². The number of hydrogen-bond donors (Lipinski definition) is 3. The summed E-state index contributed by atoms with van der Waals surface area (Å²) in [5.41, 5.74) is 18.8. The Labute approximate surface area is 103 Å². The zero-order valence-corrected chi connectivity index (χ0v) is 10.2. The van der Waals surface area contributed by atoms with Crippen LogP contribution in [0.2, 0.25) is 0 Å². The Hall–Kier alpha value is -1.95. The second kappa shape index (κ2) is 4.50. The molecule has 5 nitrogen and oxygen atoms in total. The molecule has 0 atom stereocenters. The van der Waals surface area contributed by atoms with Crippen molar-refractivity contribution < 1.29 is 0 Å². The molecule has 0 spiro atoms.